The molecule has 0 saturated heterocycles. The summed E-state index contributed by atoms with van der Waals surface area (Å²) in [4.78, 5) is 34.8. The summed E-state index contributed by atoms with van der Waals surface area (Å²) in [5.41, 5.74) is 0.649. The number of rotatable bonds is 6. The summed E-state index contributed by atoms with van der Waals surface area (Å²) in [6.45, 7) is 1.59. The number of hydrogen-bond donors (Lipinski definition) is 0. The SMILES string of the molecule is CCOC(=O)C(=O)CC(=O)c1ccc(-c2ccc(C(F)(F)F)cc2)cc1. The van der Waals surface area contributed by atoms with Crippen LogP contribution in [0.25, 0.3) is 11.1 Å². The molecule has 2 rings (SSSR count). The number of hydrogen-bond acceptors (Lipinski definition) is 4. The van der Waals surface area contributed by atoms with Crippen molar-refractivity contribution in [1.29, 1.82) is 0 Å². The van der Waals surface area contributed by atoms with Crippen molar-refractivity contribution in [3.63, 3.8) is 0 Å². The molecule has 0 heterocycles. The quantitative estimate of drug-likeness (QED) is 0.335. The number of Topliss-reactive ketones (excluding diaryl/α,β-unsaturated/α-hetero) is 2. The van der Waals surface area contributed by atoms with Gasteiger partial charge in [0.2, 0.25) is 5.78 Å². The van der Waals surface area contributed by atoms with Gasteiger partial charge in [0.1, 0.15) is 0 Å². The Morgan fingerprint density at radius 2 is 1.38 bits per heavy atom. The summed E-state index contributed by atoms with van der Waals surface area (Å²) in [6.07, 6.45) is -5.00. The second-order valence-corrected chi connectivity index (χ2v) is 5.40. The first-order valence-electron chi connectivity index (χ1n) is 7.73. The van der Waals surface area contributed by atoms with Crippen LogP contribution in [0.15, 0.2) is 48.5 Å². The van der Waals surface area contributed by atoms with E-state index in [1.54, 1.807) is 19.1 Å². The summed E-state index contributed by atoms with van der Waals surface area (Å²) in [5, 5.41) is 0. The average Bonchev–Trinajstić information content (AvgIpc) is 2.61. The Labute approximate surface area is 147 Å². The standard InChI is InChI=1S/C19H15F3O4/c1-2-26-18(25)17(24)11-16(23)14-5-3-12(4-6-14)13-7-9-15(10-8-13)19(20,21)22/h3-10H,2,11H2,1H3. The average molecular weight is 364 g/mol. The van der Waals surface area contributed by atoms with Gasteiger partial charge in [-0.25, -0.2) is 4.79 Å². The molecule has 0 atom stereocenters. The van der Waals surface area contributed by atoms with Gasteiger partial charge in [-0.15, -0.1) is 0 Å². The molecule has 0 aliphatic carbocycles. The van der Waals surface area contributed by atoms with Crippen molar-refractivity contribution in [3.8, 4) is 11.1 Å². The van der Waals surface area contributed by atoms with Gasteiger partial charge in [0.05, 0.1) is 18.6 Å². The van der Waals surface area contributed by atoms with Crippen molar-refractivity contribution in [2.45, 2.75) is 19.5 Å². The summed E-state index contributed by atoms with van der Waals surface area (Å²) >= 11 is 0. The monoisotopic (exact) mass is 364 g/mol. The lowest BCUT2D eigenvalue weighted by molar-refractivity contribution is -0.153. The van der Waals surface area contributed by atoms with Crippen LogP contribution >= 0.6 is 0 Å². The van der Waals surface area contributed by atoms with Crippen molar-refractivity contribution in [1.82, 2.24) is 0 Å². The van der Waals surface area contributed by atoms with E-state index < -0.39 is 35.7 Å². The van der Waals surface area contributed by atoms with E-state index in [2.05, 4.69) is 4.74 Å². The molecule has 2 aromatic carbocycles. The van der Waals surface area contributed by atoms with E-state index in [0.717, 1.165) is 12.1 Å². The Kier molecular flexibility index (Phi) is 5.92. The first-order chi connectivity index (χ1) is 12.2. The third-order valence-corrected chi connectivity index (χ3v) is 3.58. The van der Waals surface area contributed by atoms with Crippen LogP contribution in [0.1, 0.15) is 29.3 Å². The molecule has 136 valence electrons. The number of benzene rings is 2. The van der Waals surface area contributed by atoms with Crippen molar-refractivity contribution in [2.24, 2.45) is 0 Å². The van der Waals surface area contributed by atoms with E-state index in [9.17, 15) is 27.6 Å². The van der Waals surface area contributed by atoms with Crippen LogP contribution < -0.4 is 0 Å². The zero-order chi connectivity index (χ0) is 19.3. The Balaban J connectivity index is 2.09. The van der Waals surface area contributed by atoms with Crippen molar-refractivity contribution in [2.75, 3.05) is 6.61 Å². The van der Waals surface area contributed by atoms with Crippen molar-refractivity contribution in [3.05, 3.63) is 59.7 Å². The van der Waals surface area contributed by atoms with E-state index in [1.165, 1.54) is 24.3 Å². The summed E-state index contributed by atoms with van der Waals surface area (Å²) in [7, 11) is 0. The third-order valence-electron chi connectivity index (χ3n) is 3.58. The van der Waals surface area contributed by atoms with Crippen LogP contribution in [0.3, 0.4) is 0 Å². The van der Waals surface area contributed by atoms with Crippen LogP contribution in [0.2, 0.25) is 0 Å². The third kappa shape index (κ3) is 4.78. The highest BCUT2D eigenvalue weighted by molar-refractivity contribution is 6.38. The summed E-state index contributed by atoms with van der Waals surface area (Å²) in [6, 6.07) is 10.7. The van der Waals surface area contributed by atoms with Crippen LogP contribution in [0.4, 0.5) is 13.2 Å². The number of carbonyl (C=O) groups excluding carboxylic acids is 3. The number of ketones is 2. The Morgan fingerprint density at radius 1 is 0.885 bits per heavy atom. The van der Waals surface area contributed by atoms with Crippen LogP contribution in [-0.4, -0.2) is 24.1 Å². The molecule has 0 radical (unpaired) electrons. The molecule has 0 fully saturated rings. The molecule has 0 N–H and O–H groups in total. The minimum absolute atomic E-state index is 0.0423. The molecule has 0 bridgehead atoms. The molecular weight excluding hydrogens is 349 g/mol. The zero-order valence-electron chi connectivity index (χ0n) is 13.8. The lowest BCUT2D eigenvalue weighted by Gasteiger charge is -2.08. The van der Waals surface area contributed by atoms with Crippen LogP contribution in [-0.2, 0) is 20.5 Å². The van der Waals surface area contributed by atoms with Gasteiger partial charge < -0.3 is 4.74 Å². The second kappa shape index (κ2) is 7.95. The molecule has 2 aromatic rings. The fourth-order valence-corrected chi connectivity index (χ4v) is 2.23. The molecule has 0 saturated carbocycles. The van der Waals surface area contributed by atoms with Crippen LogP contribution in [0.5, 0.6) is 0 Å². The van der Waals surface area contributed by atoms with Gasteiger partial charge in [-0.2, -0.15) is 13.2 Å². The Bertz CT molecular complexity index is 806. The smallest absolute Gasteiger partial charge is 0.416 e. The molecule has 4 nitrogen and oxygen atoms in total. The second-order valence-electron chi connectivity index (χ2n) is 5.40. The van der Waals surface area contributed by atoms with Gasteiger partial charge in [0.15, 0.2) is 5.78 Å². The number of esters is 1. The van der Waals surface area contributed by atoms with E-state index in [-0.39, 0.29) is 12.2 Å². The molecule has 0 aliphatic heterocycles. The first-order valence-corrected chi connectivity index (χ1v) is 7.73. The Hall–Kier alpha value is -2.96. The highest BCUT2D eigenvalue weighted by Gasteiger charge is 2.30. The van der Waals surface area contributed by atoms with Gasteiger partial charge in [-0.05, 0) is 30.2 Å². The molecule has 0 aromatic heterocycles. The first kappa shape index (κ1) is 19.4. The maximum absolute atomic E-state index is 12.6. The molecule has 7 heteroatoms. The van der Waals surface area contributed by atoms with Gasteiger partial charge in [0.25, 0.3) is 0 Å². The van der Waals surface area contributed by atoms with E-state index in [0.29, 0.717) is 11.1 Å². The number of ether oxygens (including phenoxy) is 1. The van der Waals surface area contributed by atoms with Crippen molar-refractivity contribution >= 4 is 17.5 Å². The summed E-state index contributed by atoms with van der Waals surface area (Å²) < 4.78 is 42.3. The lowest BCUT2D eigenvalue weighted by Crippen LogP contribution is -2.20. The van der Waals surface area contributed by atoms with Gasteiger partial charge in [0, 0.05) is 5.56 Å². The van der Waals surface area contributed by atoms with E-state index in [1.807, 2.05) is 0 Å². The number of alkyl halides is 3. The molecular formula is C19H15F3O4. The number of halogens is 3. The van der Waals surface area contributed by atoms with Gasteiger partial charge in [-0.1, -0.05) is 36.4 Å². The van der Waals surface area contributed by atoms with Gasteiger partial charge >= 0.3 is 12.1 Å². The predicted octanol–water partition coefficient (Wildman–Crippen LogP) is 4.08. The molecule has 0 amide bonds. The van der Waals surface area contributed by atoms with Crippen molar-refractivity contribution < 1.29 is 32.3 Å². The van der Waals surface area contributed by atoms with E-state index >= 15 is 0 Å². The molecule has 0 spiro atoms. The molecule has 0 aliphatic rings. The fourth-order valence-electron chi connectivity index (χ4n) is 2.23. The number of carbonyl (C=O) groups is 3. The molecule has 0 unspecified atom stereocenters. The minimum atomic E-state index is -4.40. The Morgan fingerprint density at radius 3 is 1.85 bits per heavy atom. The maximum Gasteiger partial charge on any atom is 0.416 e. The normalized spacial score (nSPS) is 11.1. The highest BCUT2D eigenvalue weighted by Crippen LogP contribution is 2.31. The minimum Gasteiger partial charge on any atom is -0.460 e. The largest absolute Gasteiger partial charge is 0.460 e. The van der Waals surface area contributed by atoms with Crippen LogP contribution in [0, 0.1) is 0 Å². The summed E-state index contributed by atoms with van der Waals surface area (Å²) in [5.74, 6) is -2.52. The zero-order valence-corrected chi connectivity index (χ0v) is 13.8. The van der Waals surface area contributed by atoms with E-state index in [4.69, 9.17) is 0 Å². The lowest BCUT2D eigenvalue weighted by atomic mass is 10.00. The molecule has 26 heavy (non-hydrogen) atoms. The maximum atomic E-state index is 12.6. The predicted molar refractivity (Wildman–Crippen MR) is 87.5 cm³/mol. The fraction of sp³-hybridized carbons (Fsp3) is 0.211. The van der Waals surface area contributed by atoms with Gasteiger partial charge in [-0.3, -0.25) is 9.59 Å². The topological polar surface area (TPSA) is 60.4 Å². The highest BCUT2D eigenvalue weighted by atomic mass is 19.4.